The first kappa shape index (κ1) is 14.8. The lowest BCUT2D eigenvalue weighted by molar-refractivity contribution is 0.442. The third kappa shape index (κ3) is 3.96. The topological polar surface area (TPSA) is 24.9 Å². The molecule has 0 unspecified atom stereocenters. The zero-order chi connectivity index (χ0) is 14.5. The molecule has 0 spiro atoms. The van der Waals surface area contributed by atoms with Crippen molar-refractivity contribution in [3.63, 3.8) is 0 Å². The lowest BCUT2D eigenvalue weighted by Crippen LogP contribution is -2.23. The molecular formula is C18H26N2. The maximum absolute atomic E-state index is 4.43. The number of hydrogen-bond donors (Lipinski definition) is 1. The summed E-state index contributed by atoms with van der Waals surface area (Å²) < 4.78 is 0. The molecule has 20 heavy (non-hydrogen) atoms. The van der Waals surface area contributed by atoms with Gasteiger partial charge in [-0.1, -0.05) is 33.8 Å². The maximum Gasteiger partial charge on any atom is 0.0722 e. The fraction of sp³-hybridized carbons (Fsp3) is 0.500. The van der Waals surface area contributed by atoms with Crippen LogP contribution < -0.4 is 5.32 Å². The van der Waals surface area contributed by atoms with E-state index in [9.17, 15) is 0 Å². The number of pyridine rings is 1. The SMILES string of the molecule is CC(C)CC(CC(C)C)Nc1cccc2ncccc12. The lowest BCUT2D eigenvalue weighted by Gasteiger charge is -2.24. The molecule has 1 aromatic carbocycles. The van der Waals surface area contributed by atoms with Gasteiger partial charge in [-0.25, -0.2) is 0 Å². The fourth-order valence-electron chi connectivity index (χ4n) is 2.80. The van der Waals surface area contributed by atoms with Gasteiger partial charge in [-0.15, -0.1) is 0 Å². The summed E-state index contributed by atoms with van der Waals surface area (Å²) in [6, 6.07) is 11.0. The molecule has 2 aromatic rings. The third-order valence-electron chi connectivity index (χ3n) is 3.52. The van der Waals surface area contributed by atoms with E-state index in [0.29, 0.717) is 17.9 Å². The Morgan fingerprint density at radius 1 is 0.950 bits per heavy atom. The van der Waals surface area contributed by atoms with Gasteiger partial charge in [-0.2, -0.15) is 0 Å². The van der Waals surface area contributed by atoms with Crippen LogP contribution in [0.3, 0.4) is 0 Å². The van der Waals surface area contributed by atoms with Crippen LogP contribution in [0.2, 0.25) is 0 Å². The highest BCUT2D eigenvalue weighted by Gasteiger charge is 2.14. The number of benzene rings is 1. The Bertz CT molecular complexity index is 531. The molecule has 1 N–H and O–H groups in total. The second kappa shape index (κ2) is 6.74. The molecule has 0 saturated carbocycles. The second-order valence-electron chi connectivity index (χ2n) is 6.48. The van der Waals surface area contributed by atoms with E-state index >= 15 is 0 Å². The molecule has 0 amide bonds. The quantitative estimate of drug-likeness (QED) is 0.789. The fourth-order valence-corrected chi connectivity index (χ4v) is 2.80. The summed E-state index contributed by atoms with van der Waals surface area (Å²) in [5.41, 5.74) is 2.27. The van der Waals surface area contributed by atoms with E-state index in [1.165, 1.54) is 23.9 Å². The summed E-state index contributed by atoms with van der Waals surface area (Å²) in [4.78, 5) is 4.43. The largest absolute Gasteiger partial charge is 0.382 e. The minimum absolute atomic E-state index is 0.529. The molecule has 0 atom stereocenters. The Balaban J connectivity index is 2.23. The molecular weight excluding hydrogens is 244 g/mol. The average molecular weight is 270 g/mol. The Morgan fingerprint density at radius 3 is 2.30 bits per heavy atom. The van der Waals surface area contributed by atoms with E-state index in [4.69, 9.17) is 0 Å². The molecule has 0 aliphatic carbocycles. The normalized spacial score (nSPS) is 11.8. The summed E-state index contributed by atoms with van der Waals surface area (Å²) in [5.74, 6) is 1.42. The first-order chi connectivity index (χ1) is 9.56. The number of anilines is 1. The molecule has 2 nitrogen and oxygen atoms in total. The molecule has 1 aromatic heterocycles. The highest BCUT2D eigenvalue weighted by Crippen LogP contribution is 2.25. The third-order valence-corrected chi connectivity index (χ3v) is 3.52. The van der Waals surface area contributed by atoms with Gasteiger partial charge < -0.3 is 5.32 Å². The van der Waals surface area contributed by atoms with E-state index in [-0.39, 0.29) is 0 Å². The van der Waals surface area contributed by atoms with Gasteiger partial charge in [-0.05, 0) is 48.9 Å². The van der Waals surface area contributed by atoms with Gasteiger partial charge in [0.2, 0.25) is 0 Å². The first-order valence-electron chi connectivity index (χ1n) is 7.66. The van der Waals surface area contributed by atoms with Crippen molar-refractivity contribution in [3.05, 3.63) is 36.5 Å². The minimum atomic E-state index is 0.529. The van der Waals surface area contributed by atoms with Crippen LogP contribution in [0.1, 0.15) is 40.5 Å². The zero-order valence-corrected chi connectivity index (χ0v) is 13.1. The molecule has 1 heterocycles. The number of aromatic nitrogens is 1. The summed E-state index contributed by atoms with van der Waals surface area (Å²) in [6.45, 7) is 9.17. The van der Waals surface area contributed by atoms with Gasteiger partial charge in [0.1, 0.15) is 0 Å². The van der Waals surface area contributed by atoms with Crippen molar-refractivity contribution in [3.8, 4) is 0 Å². The molecule has 0 saturated heterocycles. The predicted octanol–water partition coefficient (Wildman–Crippen LogP) is 5.11. The van der Waals surface area contributed by atoms with Crippen LogP contribution >= 0.6 is 0 Å². The van der Waals surface area contributed by atoms with Gasteiger partial charge in [0.05, 0.1) is 5.52 Å². The number of rotatable bonds is 6. The highest BCUT2D eigenvalue weighted by molar-refractivity contribution is 5.91. The van der Waals surface area contributed by atoms with Gasteiger partial charge in [0.15, 0.2) is 0 Å². The Labute approximate surface area is 122 Å². The van der Waals surface area contributed by atoms with Crippen molar-refractivity contribution >= 4 is 16.6 Å². The van der Waals surface area contributed by atoms with Crippen LogP contribution in [-0.2, 0) is 0 Å². The number of fused-ring (bicyclic) bond motifs is 1. The summed E-state index contributed by atoms with van der Waals surface area (Å²) >= 11 is 0. The number of hydrogen-bond acceptors (Lipinski definition) is 2. The highest BCUT2D eigenvalue weighted by atomic mass is 14.9. The zero-order valence-electron chi connectivity index (χ0n) is 13.1. The Kier molecular flexibility index (Phi) is 4.99. The van der Waals surface area contributed by atoms with Crippen molar-refractivity contribution in [2.24, 2.45) is 11.8 Å². The molecule has 2 rings (SSSR count). The van der Waals surface area contributed by atoms with Crippen molar-refractivity contribution in [2.45, 2.75) is 46.6 Å². The Morgan fingerprint density at radius 2 is 1.65 bits per heavy atom. The van der Waals surface area contributed by atoms with Crippen molar-refractivity contribution in [1.29, 1.82) is 0 Å². The summed E-state index contributed by atoms with van der Waals surface area (Å²) in [5, 5.41) is 4.96. The van der Waals surface area contributed by atoms with Gasteiger partial charge in [0.25, 0.3) is 0 Å². The van der Waals surface area contributed by atoms with E-state index in [0.717, 1.165) is 5.52 Å². The van der Waals surface area contributed by atoms with Crippen LogP contribution in [0.25, 0.3) is 10.9 Å². The molecule has 0 aliphatic heterocycles. The average Bonchev–Trinajstić information content (AvgIpc) is 2.37. The second-order valence-corrected chi connectivity index (χ2v) is 6.48. The Hall–Kier alpha value is -1.57. The van der Waals surface area contributed by atoms with Crippen LogP contribution in [0.4, 0.5) is 5.69 Å². The van der Waals surface area contributed by atoms with E-state index in [1.807, 2.05) is 12.3 Å². The minimum Gasteiger partial charge on any atom is -0.382 e. The molecule has 2 heteroatoms. The van der Waals surface area contributed by atoms with Gasteiger partial charge in [-0.3, -0.25) is 4.98 Å². The van der Waals surface area contributed by atoms with E-state index < -0.39 is 0 Å². The van der Waals surface area contributed by atoms with Gasteiger partial charge in [0, 0.05) is 23.3 Å². The van der Waals surface area contributed by atoms with Crippen LogP contribution in [0.5, 0.6) is 0 Å². The summed E-state index contributed by atoms with van der Waals surface area (Å²) in [7, 11) is 0. The molecule has 0 radical (unpaired) electrons. The molecule has 0 fully saturated rings. The van der Waals surface area contributed by atoms with Gasteiger partial charge >= 0.3 is 0 Å². The van der Waals surface area contributed by atoms with Crippen molar-refractivity contribution < 1.29 is 0 Å². The predicted molar refractivity (Wildman–Crippen MR) is 88.1 cm³/mol. The van der Waals surface area contributed by atoms with Crippen LogP contribution in [0.15, 0.2) is 36.5 Å². The molecule has 0 aliphatic rings. The van der Waals surface area contributed by atoms with Crippen LogP contribution in [-0.4, -0.2) is 11.0 Å². The van der Waals surface area contributed by atoms with Crippen molar-refractivity contribution in [2.75, 3.05) is 5.32 Å². The first-order valence-corrected chi connectivity index (χ1v) is 7.66. The number of nitrogens with one attached hydrogen (secondary N) is 1. The smallest absolute Gasteiger partial charge is 0.0722 e. The lowest BCUT2D eigenvalue weighted by atomic mass is 9.95. The van der Waals surface area contributed by atoms with Crippen LogP contribution in [0, 0.1) is 11.8 Å². The maximum atomic E-state index is 4.43. The van der Waals surface area contributed by atoms with Crippen molar-refractivity contribution in [1.82, 2.24) is 4.98 Å². The standard InChI is InChI=1S/C18H26N2/c1-13(2)11-15(12-14(3)4)20-18-9-5-8-17-16(18)7-6-10-19-17/h5-10,13-15,20H,11-12H2,1-4H3. The van der Waals surface area contributed by atoms with E-state index in [1.54, 1.807) is 0 Å². The molecule has 108 valence electrons. The molecule has 0 bridgehead atoms. The van der Waals surface area contributed by atoms with E-state index in [2.05, 4.69) is 62.3 Å². The summed E-state index contributed by atoms with van der Waals surface area (Å²) in [6.07, 6.45) is 4.26. The monoisotopic (exact) mass is 270 g/mol. The number of nitrogens with zero attached hydrogens (tertiary/aromatic N) is 1.